The molecule has 1 aromatic carbocycles. The van der Waals surface area contributed by atoms with E-state index in [2.05, 4.69) is 15.6 Å². The molecule has 24 heavy (non-hydrogen) atoms. The number of carbonyl (C=O) groups is 1. The molecule has 0 fully saturated rings. The van der Waals surface area contributed by atoms with Gasteiger partial charge in [0.2, 0.25) is 5.91 Å². The molecule has 1 atom stereocenters. The Morgan fingerprint density at radius 3 is 2.96 bits per heavy atom. The Kier molecular flexibility index (Phi) is 4.57. The summed E-state index contributed by atoms with van der Waals surface area (Å²) in [6.07, 6.45) is 0.604. The zero-order valence-electron chi connectivity index (χ0n) is 13.6. The van der Waals surface area contributed by atoms with Crippen molar-refractivity contribution >= 4 is 23.2 Å². The van der Waals surface area contributed by atoms with Gasteiger partial charge in [-0.05, 0) is 43.7 Å². The Morgan fingerprint density at radius 2 is 2.21 bits per heavy atom. The van der Waals surface area contributed by atoms with E-state index in [0.29, 0.717) is 30.2 Å². The standard InChI is InChI=1S/C17H19ClN4O2/c1-10-7-11(2)22(17(24)20-10)6-5-19-16(23)15-9-12-8-13(18)3-4-14(12)21-15/h3-4,7-8,15,21H,5-6,9H2,1-2H3,(H,19,23)/t15-/m0/s1. The molecule has 7 heteroatoms. The molecule has 1 aromatic heterocycles. The quantitative estimate of drug-likeness (QED) is 0.883. The lowest BCUT2D eigenvalue weighted by Crippen LogP contribution is -2.41. The fourth-order valence-corrected chi connectivity index (χ4v) is 3.14. The van der Waals surface area contributed by atoms with Crippen molar-refractivity contribution in [1.29, 1.82) is 0 Å². The van der Waals surface area contributed by atoms with Crippen LogP contribution in [0, 0.1) is 13.8 Å². The minimum absolute atomic E-state index is 0.0897. The fourth-order valence-electron chi connectivity index (χ4n) is 2.95. The first-order valence-electron chi connectivity index (χ1n) is 7.82. The normalized spacial score (nSPS) is 15.7. The Balaban J connectivity index is 1.57. The summed E-state index contributed by atoms with van der Waals surface area (Å²) in [4.78, 5) is 28.1. The average Bonchev–Trinajstić information content (AvgIpc) is 2.92. The number of benzene rings is 1. The third kappa shape index (κ3) is 3.43. The lowest BCUT2D eigenvalue weighted by Gasteiger charge is -2.14. The molecule has 1 aliphatic heterocycles. The summed E-state index contributed by atoms with van der Waals surface area (Å²) in [6.45, 7) is 4.42. The van der Waals surface area contributed by atoms with Crippen LogP contribution in [-0.2, 0) is 17.8 Å². The Morgan fingerprint density at radius 1 is 1.42 bits per heavy atom. The SMILES string of the molecule is Cc1cc(C)n(CCNC(=O)[C@@H]2Cc3cc(Cl)ccc3N2)c(=O)n1. The molecular weight excluding hydrogens is 328 g/mol. The predicted molar refractivity (Wildman–Crippen MR) is 93.5 cm³/mol. The Labute approximate surface area is 144 Å². The fraction of sp³-hybridized carbons (Fsp3) is 0.353. The molecule has 2 N–H and O–H groups in total. The van der Waals surface area contributed by atoms with E-state index in [9.17, 15) is 9.59 Å². The van der Waals surface area contributed by atoms with E-state index in [1.54, 1.807) is 17.6 Å². The minimum atomic E-state index is -0.313. The molecule has 0 saturated heterocycles. The van der Waals surface area contributed by atoms with E-state index < -0.39 is 0 Å². The summed E-state index contributed by atoms with van der Waals surface area (Å²) < 4.78 is 1.56. The maximum Gasteiger partial charge on any atom is 0.348 e. The molecule has 2 aromatic rings. The number of carbonyl (C=O) groups excluding carboxylic acids is 1. The summed E-state index contributed by atoms with van der Waals surface area (Å²) in [5, 5.41) is 6.72. The maximum absolute atomic E-state index is 12.3. The monoisotopic (exact) mass is 346 g/mol. The number of aryl methyl sites for hydroxylation is 2. The molecule has 1 aliphatic rings. The second kappa shape index (κ2) is 6.65. The molecule has 3 rings (SSSR count). The first-order chi connectivity index (χ1) is 11.4. The van der Waals surface area contributed by atoms with Crippen molar-refractivity contribution in [2.24, 2.45) is 0 Å². The van der Waals surface area contributed by atoms with Crippen LogP contribution in [0.3, 0.4) is 0 Å². The van der Waals surface area contributed by atoms with Crippen LogP contribution in [0.2, 0.25) is 5.02 Å². The molecule has 0 radical (unpaired) electrons. The van der Waals surface area contributed by atoms with E-state index in [-0.39, 0.29) is 17.6 Å². The first-order valence-corrected chi connectivity index (χ1v) is 8.19. The van der Waals surface area contributed by atoms with Gasteiger partial charge in [-0.25, -0.2) is 4.79 Å². The molecular formula is C17H19ClN4O2. The molecule has 0 saturated carbocycles. The van der Waals surface area contributed by atoms with Crippen LogP contribution in [0.25, 0.3) is 0 Å². The number of nitrogens with one attached hydrogen (secondary N) is 2. The van der Waals surface area contributed by atoms with Gasteiger partial charge in [-0.1, -0.05) is 11.6 Å². The average molecular weight is 347 g/mol. The molecule has 6 nitrogen and oxygen atoms in total. The number of aromatic nitrogens is 2. The highest BCUT2D eigenvalue weighted by Gasteiger charge is 2.26. The number of hydrogen-bond donors (Lipinski definition) is 2. The largest absolute Gasteiger partial charge is 0.373 e. The topological polar surface area (TPSA) is 76.0 Å². The van der Waals surface area contributed by atoms with Crippen LogP contribution < -0.4 is 16.3 Å². The van der Waals surface area contributed by atoms with Crippen LogP contribution in [0.1, 0.15) is 17.0 Å². The number of fused-ring (bicyclic) bond motifs is 1. The van der Waals surface area contributed by atoms with Gasteiger partial charge in [0, 0.05) is 41.6 Å². The van der Waals surface area contributed by atoms with Gasteiger partial charge in [-0.3, -0.25) is 9.36 Å². The van der Waals surface area contributed by atoms with Crippen LogP contribution in [0.15, 0.2) is 29.1 Å². The van der Waals surface area contributed by atoms with E-state index in [4.69, 9.17) is 11.6 Å². The van der Waals surface area contributed by atoms with Crippen LogP contribution in [-0.4, -0.2) is 28.0 Å². The van der Waals surface area contributed by atoms with Crippen molar-refractivity contribution in [3.63, 3.8) is 0 Å². The van der Waals surface area contributed by atoms with Gasteiger partial charge in [0.25, 0.3) is 0 Å². The van der Waals surface area contributed by atoms with Gasteiger partial charge in [0.1, 0.15) is 6.04 Å². The third-order valence-electron chi connectivity index (χ3n) is 4.12. The van der Waals surface area contributed by atoms with E-state index in [0.717, 1.165) is 16.9 Å². The van der Waals surface area contributed by atoms with E-state index in [1.807, 2.05) is 25.1 Å². The molecule has 126 valence electrons. The molecule has 0 unspecified atom stereocenters. The van der Waals surface area contributed by atoms with Crippen LogP contribution in [0.4, 0.5) is 5.69 Å². The molecule has 2 heterocycles. The van der Waals surface area contributed by atoms with Gasteiger partial charge in [0.05, 0.1) is 0 Å². The number of anilines is 1. The number of rotatable bonds is 4. The highest BCUT2D eigenvalue weighted by atomic mass is 35.5. The minimum Gasteiger partial charge on any atom is -0.373 e. The molecule has 0 aliphatic carbocycles. The van der Waals surface area contributed by atoms with Crippen molar-refractivity contribution < 1.29 is 4.79 Å². The second-order valence-electron chi connectivity index (χ2n) is 5.97. The van der Waals surface area contributed by atoms with Crippen molar-refractivity contribution in [2.75, 3.05) is 11.9 Å². The number of hydrogen-bond acceptors (Lipinski definition) is 4. The smallest absolute Gasteiger partial charge is 0.348 e. The lowest BCUT2D eigenvalue weighted by atomic mass is 10.1. The third-order valence-corrected chi connectivity index (χ3v) is 4.35. The Hall–Kier alpha value is -2.34. The lowest BCUT2D eigenvalue weighted by molar-refractivity contribution is -0.121. The van der Waals surface area contributed by atoms with Crippen molar-refractivity contribution in [3.05, 3.63) is 56.7 Å². The second-order valence-corrected chi connectivity index (χ2v) is 6.40. The zero-order chi connectivity index (χ0) is 17.3. The van der Waals surface area contributed by atoms with Crippen LogP contribution >= 0.6 is 11.6 Å². The van der Waals surface area contributed by atoms with Gasteiger partial charge < -0.3 is 10.6 Å². The summed E-state index contributed by atoms with van der Waals surface area (Å²) in [6, 6.07) is 7.09. The maximum atomic E-state index is 12.3. The van der Waals surface area contributed by atoms with Crippen LogP contribution in [0.5, 0.6) is 0 Å². The van der Waals surface area contributed by atoms with Gasteiger partial charge in [-0.15, -0.1) is 0 Å². The summed E-state index contributed by atoms with van der Waals surface area (Å²) in [7, 11) is 0. The highest BCUT2D eigenvalue weighted by Crippen LogP contribution is 2.28. The number of nitrogens with zero attached hydrogens (tertiary/aromatic N) is 2. The van der Waals surface area contributed by atoms with Gasteiger partial charge >= 0.3 is 5.69 Å². The summed E-state index contributed by atoms with van der Waals surface area (Å²) in [5.74, 6) is -0.0897. The van der Waals surface area contributed by atoms with Gasteiger partial charge in [0.15, 0.2) is 0 Å². The first kappa shape index (κ1) is 16.5. The number of halogens is 1. The highest BCUT2D eigenvalue weighted by molar-refractivity contribution is 6.30. The zero-order valence-corrected chi connectivity index (χ0v) is 14.4. The van der Waals surface area contributed by atoms with E-state index in [1.165, 1.54) is 0 Å². The molecule has 1 amide bonds. The predicted octanol–water partition coefficient (Wildman–Crippen LogP) is 1.67. The molecule has 0 bridgehead atoms. The van der Waals surface area contributed by atoms with E-state index >= 15 is 0 Å². The van der Waals surface area contributed by atoms with Crippen molar-refractivity contribution in [3.8, 4) is 0 Å². The Bertz CT molecular complexity index is 847. The van der Waals surface area contributed by atoms with Crippen molar-refractivity contribution in [2.45, 2.75) is 32.9 Å². The van der Waals surface area contributed by atoms with Crippen molar-refractivity contribution in [1.82, 2.24) is 14.9 Å². The summed E-state index contributed by atoms with van der Waals surface area (Å²) in [5.41, 5.74) is 3.22. The molecule has 0 spiro atoms. The summed E-state index contributed by atoms with van der Waals surface area (Å²) >= 11 is 5.98. The van der Waals surface area contributed by atoms with Gasteiger partial charge in [-0.2, -0.15) is 4.98 Å². The number of amides is 1.